The quantitative estimate of drug-likeness (QED) is 0.596. The number of aryl methyl sites for hydroxylation is 1. The van der Waals surface area contributed by atoms with Gasteiger partial charge >= 0.3 is 0 Å². The van der Waals surface area contributed by atoms with Crippen molar-refractivity contribution in [3.05, 3.63) is 53.8 Å². The first-order chi connectivity index (χ1) is 11.3. The average molecular weight is 321 g/mol. The third kappa shape index (κ3) is 2.39. The van der Waals surface area contributed by atoms with Crippen LogP contribution in [0.1, 0.15) is 5.69 Å². The standard InChI is InChI=1S/C18H15N3OS/c1-11-17(14-9-13(22-2)3-4-15(14)20-11)16-10-23-18(21-16)12-5-7-19-8-6-12/h3-10,20H,1-2H3. The second kappa shape index (κ2) is 5.52. The van der Waals surface area contributed by atoms with Crippen LogP contribution in [0.25, 0.3) is 32.7 Å². The number of ether oxygens (including phenoxy) is 1. The highest BCUT2D eigenvalue weighted by atomic mass is 32.1. The molecule has 0 aliphatic rings. The maximum absolute atomic E-state index is 5.36. The molecule has 0 aliphatic heterocycles. The van der Waals surface area contributed by atoms with E-state index >= 15 is 0 Å². The maximum atomic E-state index is 5.36. The Balaban J connectivity index is 1.86. The molecule has 4 rings (SSSR count). The van der Waals surface area contributed by atoms with E-state index in [9.17, 15) is 0 Å². The number of hydrogen-bond acceptors (Lipinski definition) is 4. The van der Waals surface area contributed by atoms with Gasteiger partial charge in [-0.15, -0.1) is 11.3 Å². The molecule has 3 aromatic heterocycles. The Morgan fingerprint density at radius 3 is 2.74 bits per heavy atom. The van der Waals surface area contributed by atoms with Gasteiger partial charge in [-0.25, -0.2) is 4.98 Å². The van der Waals surface area contributed by atoms with Crippen LogP contribution in [-0.4, -0.2) is 22.1 Å². The van der Waals surface area contributed by atoms with Crippen LogP contribution in [0.15, 0.2) is 48.1 Å². The van der Waals surface area contributed by atoms with Crippen molar-refractivity contribution >= 4 is 22.2 Å². The Morgan fingerprint density at radius 1 is 1.13 bits per heavy atom. The molecule has 23 heavy (non-hydrogen) atoms. The molecule has 0 bridgehead atoms. The average Bonchev–Trinajstić information content (AvgIpc) is 3.18. The Hall–Kier alpha value is -2.66. The zero-order valence-electron chi connectivity index (χ0n) is 12.8. The fourth-order valence-corrected chi connectivity index (χ4v) is 3.60. The number of fused-ring (bicyclic) bond motifs is 1. The highest BCUT2D eigenvalue weighted by Crippen LogP contribution is 2.36. The van der Waals surface area contributed by atoms with Crippen molar-refractivity contribution < 1.29 is 4.74 Å². The van der Waals surface area contributed by atoms with Gasteiger partial charge in [0.15, 0.2) is 0 Å². The van der Waals surface area contributed by atoms with E-state index in [0.29, 0.717) is 0 Å². The number of nitrogens with zero attached hydrogens (tertiary/aromatic N) is 2. The molecule has 1 N–H and O–H groups in total. The van der Waals surface area contributed by atoms with Crippen LogP contribution >= 0.6 is 11.3 Å². The lowest BCUT2D eigenvalue weighted by Gasteiger charge is -2.01. The van der Waals surface area contributed by atoms with Crippen LogP contribution in [0, 0.1) is 6.92 Å². The van der Waals surface area contributed by atoms with E-state index in [2.05, 4.69) is 28.3 Å². The van der Waals surface area contributed by atoms with Gasteiger partial charge in [0, 0.05) is 45.5 Å². The first kappa shape index (κ1) is 14.0. The van der Waals surface area contributed by atoms with Crippen molar-refractivity contribution in [2.75, 3.05) is 7.11 Å². The van der Waals surface area contributed by atoms with Gasteiger partial charge in [-0.3, -0.25) is 4.98 Å². The van der Waals surface area contributed by atoms with E-state index in [0.717, 1.165) is 44.2 Å². The van der Waals surface area contributed by atoms with Crippen molar-refractivity contribution in [3.63, 3.8) is 0 Å². The second-order valence-corrected chi connectivity index (χ2v) is 6.17. The van der Waals surface area contributed by atoms with Crippen LogP contribution in [0.2, 0.25) is 0 Å². The van der Waals surface area contributed by atoms with Gasteiger partial charge < -0.3 is 9.72 Å². The Morgan fingerprint density at radius 2 is 1.96 bits per heavy atom. The molecule has 4 nitrogen and oxygen atoms in total. The van der Waals surface area contributed by atoms with Crippen LogP contribution < -0.4 is 4.74 Å². The van der Waals surface area contributed by atoms with Gasteiger partial charge in [0.2, 0.25) is 0 Å². The summed E-state index contributed by atoms with van der Waals surface area (Å²) in [6, 6.07) is 10.0. The van der Waals surface area contributed by atoms with Crippen molar-refractivity contribution in [3.8, 4) is 27.6 Å². The van der Waals surface area contributed by atoms with E-state index in [1.54, 1.807) is 30.8 Å². The molecule has 0 saturated carbocycles. The summed E-state index contributed by atoms with van der Waals surface area (Å²) < 4.78 is 5.36. The molecule has 114 valence electrons. The predicted octanol–water partition coefficient (Wildman–Crippen LogP) is 4.67. The molecule has 0 spiro atoms. The van der Waals surface area contributed by atoms with Crippen LogP contribution in [0.3, 0.4) is 0 Å². The summed E-state index contributed by atoms with van der Waals surface area (Å²) >= 11 is 1.64. The SMILES string of the molecule is COc1ccc2[nH]c(C)c(-c3csc(-c4ccncc4)n3)c2c1. The topological polar surface area (TPSA) is 50.8 Å². The zero-order valence-corrected chi connectivity index (χ0v) is 13.6. The lowest BCUT2D eigenvalue weighted by Crippen LogP contribution is -1.83. The lowest BCUT2D eigenvalue weighted by atomic mass is 10.1. The lowest BCUT2D eigenvalue weighted by molar-refractivity contribution is 0.415. The van der Waals surface area contributed by atoms with Crippen LogP contribution in [0.4, 0.5) is 0 Å². The van der Waals surface area contributed by atoms with Crippen LogP contribution in [-0.2, 0) is 0 Å². The summed E-state index contributed by atoms with van der Waals surface area (Å²) in [7, 11) is 1.69. The number of methoxy groups -OCH3 is 1. The fourth-order valence-electron chi connectivity index (χ4n) is 2.78. The third-order valence-corrected chi connectivity index (χ3v) is 4.77. The molecule has 4 aromatic rings. The zero-order chi connectivity index (χ0) is 15.8. The van der Waals surface area contributed by atoms with Gasteiger partial charge in [0.25, 0.3) is 0 Å². The molecule has 0 atom stereocenters. The van der Waals surface area contributed by atoms with E-state index < -0.39 is 0 Å². The Bertz CT molecular complexity index is 973. The van der Waals surface area contributed by atoms with E-state index in [1.807, 2.05) is 24.3 Å². The fraction of sp³-hybridized carbons (Fsp3) is 0.111. The summed E-state index contributed by atoms with van der Waals surface area (Å²) in [5.74, 6) is 0.849. The molecule has 0 unspecified atom stereocenters. The molecule has 5 heteroatoms. The molecule has 0 aliphatic carbocycles. The molecule has 1 aromatic carbocycles. The largest absolute Gasteiger partial charge is 0.497 e. The minimum Gasteiger partial charge on any atom is -0.497 e. The predicted molar refractivity (Wildman–Crippen MR) is 93.9 cm³/mol. The molecular weight excluding hydrogens is 306 g/mol. The Kier molecular flexibility index (Phi) is 3.35. The van der Waals surface area contributed by atoms with Crippen molar-refractivity contribution in [2.45, 2.75) is 6.92 Å². The maximum Gasteiger partial charge on any atom is 0.124 e. The van der Waals surface area contributed by atoms with Gasteiger partial charge in [-0.05, 0) is 37.3 Å². The van der Waals surface area contributed by atoms with Gasteiger partial charge in [-0.1, -0.05) is 0 Å². The highest BCUT2D eigenvalue weighted by molar-refractivity contribution is 7.13. The number of benzene rings is 1. The first-order valence-corrected chi connectivity index (χ1v) is 8.17. The number of aromatic amines is 1. The molecular formula is C18H15N3OS. The number of hydrogen-bond donors (Lipinski definition) is 1. The third-order valence-electron chi connectivity index (χ3n) is 3.88. The molecule has 0 fully saturated rings. The summed E-state index contributed by atoms with van der Waals surface area (Å²) in [5.41, 5.74) is 5.41. The number of thiazole rings is 1. The van der Waals surface area contributed by atoms with Gasteiger partial charge in [-0.2, -0.15) is 0 Å². The second-order valence-electron chi connectivity index (χ2n) is 5.31. The van der Waals surface area contributed by atoms with Gasteiger partial charge in [0.05, 0.1) is 12.8 Å². The molecule has 0 saturated heterocycles. The summed E-state index contributed by atoms with van der Waals surface area (Å²) in [4.78, 5) is 12.3. The van der Waals surface area contributed by atoms with Crippen molar-refractivity contribution in [1.82, 2.24) is 15.0 Å². The normalized spacial score (nSPS) is 11.0. The number of nitrogens with one attached hydrogen (secondary N) is 1. The first-order valence-electron chi connectivity index (χ1n) is 7.29. The van der Waals surface area contributed by atoms with E-state index in [1.165, 1.54) is 0 Å². The van der Waals surface area contributed by atoms with Gasteiger partial charge in [0.1, 0.15) is 10.8 Å². The smallest absolute Gasteiger partial charge is 0.124 e. The highest BCUT2D eigenvalue weighted by Gasteiger charge is 2.15. The minimum atomic E-state index is 0.849. The van der Waals surface area contributed by atoms with Crippen molar-refractivity contribution in [1.29, 1.82) is 0 Å². The summed E-state index contributed by atoms with van der Waals surface area (Å²) in [6.07, 6.45) is 3.58. The monoisotopic (exact) mass is 321 g/mol. The number of pyridine rings is 1. The number of rotatable bonds is 3. The Labute approximate surface area is 137 Å². The number of aromatic nitrogens is 3. The minimum absolute atomic E-state index is 0.849. The summed E-state index contributed by atoms with van der Waals surface area (Å²) in [5, 5.41) is 4.23. The van der Waals surface area contributed by atoms with Crippen molar-refractivity contribution in [2.24, 2.45) is 0 Å². The van der Waals surface area contributed by atoms with E-state index in [-0.39, 0.29) is 0 Å². The van der Waals surface area contributed by atoms with Crippen LogP contribution in [0.5, 0.6) is 5.75 Å². The molecule has 0 amide bonds. The molecule has 0 radical (unpaired) electrons. The summed E-state index contributed by atoms with van der Waals surface area (Å²) in [6.45, 7) is 2.08. The molecule has 3 heterocycles. The number of H-pyrrole nitrogens is 1. The van der Waals surface area contributed by atoms with E-state index in [4.69, 9.17) is 9.72 Å².